The molecule has 1 aliphatic rings. The lowest BCUT2D eigenvalue weighted by Gasteiger charge is -2.14. The summed E-state index contributed by atoms with van der Waals surface area (Å²) in [5.74, 6) is -0.762. The van der Waals surface area contributed by atoms with Gasteiger partial charge in [0.15, 0.2) is 0 Å². The predicted octanol–water partition coefficient (Wildman–Crippen LogP) is 3.26. The fourth-order valence-electron chi connectivity index (χ4n) is 3.23. The molecule has 124 valence electrons. The third-order valence-electron chi connectivity index (χ3n) is 4.28. The molecule has 6 heteroatoms. The molecule has 0 saturated heterocycles. The summed E-state index contributed by atoms with van der Waals surface area (Å²) >= 11 is 0. The van der Waals surface area contributed by atoms with Crippen molar-refractivity contribution in [3.8, 4) is 16.9 Å². The highest BCUT2D eigenvalue weighted by Crippen LogP contribution is 2.42. The van der Waals surface area contributed by atoms with Crippen molar-refractivity contribution in [2.75, 3.05) is 19.5 Å². The molecule has 0 spiro atoms. The Balaban J connectivity index is 2.18. The molecule has 0 radical (unpaired) electrons. The number of methoxy groups -OCH3 is 2. The molecule has 0 saturated carbocycles. The fraction of sp³-hybridized carbons (Fsp3) is 0.105. The van der Waals surface area contributed by atoms with Crippen LogP contribution in [0.5, 0.6) is 5.75 Å². The first-order valence-electron chi connectivity index (χ1n) is 7.64. The Hall–Kier alpha value is -3.41. The lowest BCUT2D eigenvalue weighted by Crippen LogP contribution is -2.15. The summed E-state index contributed by atoms with van der Waals surface area (Å²) < 4.78 is 10.2. The van der Waals surface area contributed by atoms with Gasteiger partial charge >= 0.3 is 5.97 Å². The molecule has 4 rings (SSSR count). The first-order chi connectivity index (χ1) is 12.2. The second-order valence-electron chi connectivity index (χ2n) is 5.58. The molecule has 2 heterocycles. The van der Waals surface area contributed by atoms with Crippen LogP contribution in [0.3, 0.4) is 0 Å². The molecular formula is C19H14N2O4. The van der Waals surface area contributed by atoms with E-state index in [1.807, 2.05) is 30.3 Å². The second kappa shape index (κ2) is 5.59. The van der Waals surface area contributed by atoms with Crippen molar-refractivity contribution >= 4 is 28.5 Å². The van der Waals surface area contributed by atoms with E-state index in [0.29, 0.717) is 16.6 Å². The van der Waals surface area contributed by atoms with Crippen LogP contribution in [0, 0.1) is 0 Å². The average molecular weight is 334 g/mol. The highest BCUT2D eigenvalue weighted by atomic mass is 16.5. The molecule has 1 N–H and O–H groups in total. The number of anilines is 1. The van der Waals surface area contributed by atoms with Gasteiger partial charge in [-0.05, 0) is 23.8 Å². The van der Waals surface area contributed by atoms with Crippen molar-refractivity contribution in [3.05, 3.63) is 53.7 Å². The Labute approximate surface area is 143 Å². The highest BCUT2D eigenvalue weighted by Gasteiger charge is 2.29. The van der Waals surface area contributed by atoms with Crippen LogP contribution >= 0.6 is 0 Å². The van der Waals surface area contributed by atoms with Gasteiger partial charge in [-0.1, -0.05) is 18.2 Å². The number of carbonyl (C=O) groups excluding carboxylic acids is 2. The van der Waals surface area contributed by atoms with Gasteiger partial charge < -0.3 is 14.8 Å². The maximum Gasteiger partial charge on any atom is 0.341 e. The maximum atomic E-state index is 12.9. The van der Waals surface area contributed by atoms with Gasteiger partial charge in [0.1, 0.15) is 11.3 Å². The van der Waals surface area contributed by atoms with Crippen molar-refractivity contribution in [1.29, 1.82) is 0 Å². The summed E-state index contributed by atoms with van der Waals surface area (Å²) in [7, 11) is 2.70. The number of pyridine rings is 1. The number of rotatable bonds is 2. The molecule has 1 amide bonds. The van der Waals surface area contributed by atoms with E-state index >= 15 is 0 Å². The molecule has 0 atom stereocenters. The monoisotopic (exact) mass is 334 g/mol. The Morgan fingerprint density at radius 2 is 1.92 bits per heavy atom. The molecular weight excluding hydrogens is 320 g/mol. The van der Waals surface area contributed by atoms with Crippen molar-refractivity contribution in [2.24, 2.45) is 0 Å². The lowest BCUT2D eigenvalue weighted by molar-refractivity contribution is 0.0597. The quantitative estimate of drug-likeness (QED) is 0.728. The van der Waals surface area contributed by atoms with E-state index in [-0.39, 0.29) is 22.8 Å². The first-order valence-corrected chi connectivity index (χ1v) is 7.64. The van der Waals surface area contributed by atoms with E-state index in [0.717, 1.165) is 11.1 Å². The van der Waals surface area contributed by atoms with Crippen LogP contribution in [0.25, 0.3) is 22.0 Å². The zero-order valence-corrected chi connectivity index (χ0v) is 13.6. The van der Waals surface area contributed by atoms with Gasteiger partial charge in [0.05, 0.1) is 25.3 Å². The number of nitrogens with one attached hydrogen (secondary N) is 1. The van der Waals surface area contributed by atoms with E-state index in [9.17, 15) is 9.59 Å². The van der Waals surface area contributed by atoms with Crippen LogP contribution in [0.1, 0.15) is 20.7 Å². The third-order valence-corrected chi connectivity index (χ3v) is 4.28. The number of para-hydroxylation sites is 1. The topological polar surface area (TPSA) is 77.5 Å². The van der Waals surface area contributed by atoms with Crippen LogP contribution in [0.4, 0.5) is 5.69 Å². The van der Waals surface area contributed by atoms with E-state index in [1.54, 1.807) is 12.3 Å². The normalized spacial score (nSPS) is 12.2. The van der Waals surface area contributed by atoms with E-state index in [2.05, 4.69) is 10.3 Å². The molecule has 3 aromatic rings. The van der Waals surface area contributed by atoms with Crippen molar-refractivity contribution in [1.82, 2.24) is 4.98 Å². The highest BCUT2D eigenvalue weighted by molar-refractivity contribution is 6.23. The average Bonchev–Trinajstić information content (AvgIpc) is 2.77. The molecule has 0 aliphatic carbocycles. The van der Waals surface area contributed by atoms with Gasteiger partial charge in [-0.15, -0.1) is 0 Å². The number of amides is 1. The van der Waals surface area contributed by atoms with Crippen LogP contribution in [0.2, 0.25) is 0 Å². The number of hydrogen-bond acceptors (Lipinski definition) is 5. The summed E-state index contributed by atoms with van der Waals surface area (Å²) in [5.41, 5.74) is 3.40. The molecule has 25 heavy (non-hydrogen) atoms. The number of nitrogens with zero attached hydrogens (tertiary/aromatic N) is 1. The number of carbonyl (C=O) groups is 2. The zero-order valence-electron chi connectivity index (χ0n) is 13.6. The first kappa shape index (κ1) is 15.1. The third kappa shape index (κ3) is 2.15. The molecule has 6 nitrogen and oxygen atoms in total. The minimum atomic E-state index is -0.586. The summed E-state index contributed by atoms with van der Waals surface area (Å²) in [4.78, 5) is 29.4. The van der Waals surface area contributed by atoms with Gasteiger partial charge in [0.2, 0.25) is 0 Å². The van der Waals surface area contributed by atoms with Crippen LogP contribution < -0.4 is 10.1 Å². The number of esters is 1. The van der Waals surface area contributed by atoms with Gasteiger partial charge in [0.25, 0.3) is 5.91 Å². The molecule has 2 aromatic carbocycles. The number of fused-ring (bicyclic) bond motifs is 2. The number of hydrogen-bond donors (Lipinski definition) is 1. The molecule has 0 fully saturated rings. The summed E-state index contributed by atoms with van der Waals surface area (Å²) in [6.07, 6.45) is 1.65. The second-order valence-corrected chi connectivity index (χ2v) is 5.58. The largest absolute Gasteiger partial charge is 0.495 e. The number of ether oxygens (including phenoxy) is 2. The Kier molecular flexibility index (Phi) is 3.39. The number of aromatic nitrogens is 1. The Morgan fingerprint density at radius 1 is 1.12 bits per heavy atom. The van der Waals surface area contributed by atoms with Crippen molar-refractivity contribution in [3.63, 3.8) is 0 Å². The van der Waals surface area contributed by atoms with Crippen LogP contribution in [0.15, 0.2) is 42.6 Å². The summed E-state index contributed by atoms with van der Waals surface area (Å²) in [6.45, 7) is 0. The molecule has 0 bridgehead atoms. The van der Waals surface area contributed by atoms with E-state index < -0.39 is 5.97 Å². The maximum absolute atomic E-state index is 12.9. The van der Waals surface area contributed by atoms with Crippen molar-refractivity contribution < 1.29 is 19.1 Å². The van der Waals surface area contributed by atoms with Gasteiger partial charge in [-0.2, -0.15) is 0 Å². The SMILES string of the molecule is COC(=O)c1cc2nccc3c2c(c1OC)C(=O)Nc1ccccc1-3. The minimum Gasteiger partial charge on any atom is -0.495 e. The smallest absolute Gasteiger partial charge is 0.341 e. The Morgan fingerprint density at radius 3 is 2.68 bits per heavy atom. The zero-order chi connectivity index (χ0) is 17.6. The van der Waals surface area contributed by atoms with E-state index in [1.165, 1.54) is 14.2 Å². The van der Waals surface area contributed by atoms with Crippen LogP contribution in [-0.2, 0) is 4.74 Å². The van der Waals surface area contributed by atoms with E-state index in [4.69, 9.17) is 9.47 Å². The molecule has 1 aromatic heterocycles. The summed E-state index contributed by atoms with van der Waals surface area (Å²) in [5, 5.41) is 3.54. The van der Waals surface area contributed by atoms with Gasteiger partial charge in [0, 0.05) is 22.8 Å². The molecule has 0 unspecified atom stereocenters. The predicted molar refractivity (Wildman–Crippen MR) is 93.0 cm³/mol. The Bertz CT molecular complexity index is 1040. The standard InChI is InChI=1S/C19H14N2O4/c1-24-17-12(19(23)25-2)9-14-15-11(7-8-20-14)10-5-3-4-6-13(10)21-18(22)16(15)17/h3-9H,1-2H3,(H,21,22). The number of benzene rings is 2. The fourth-order valence-corrected chi connectivity index (χ4v) is 3.23. The lowest BCUT2D eigenvalue weighted by atomic mass is 9.95. The van der Waals surface area contributed by atoms with Gasteiger partial charge in [-0.3, -0.25) is 9.78 Å². The van der Waals surface area contributed by atoms with Crippen molar-refractivity contribution in [2.45, 2.75) is 0 Å². The minimum absolute atomic E-state index is 0.165. The van der Waals surface area contributed by atoms with Crippen LogP contribution in [-0.4, -0.2) is 31.1 Å². The molecule has 1 aliphatic heterocycles. The van der Waals surface area contributed by atoms with Gasteiger partial charge in [-0.25, -0.2) is 4.79 Å². The summed E-state index contributed by atoms with van der Waals surface area (Å²) in [6, 6.07) is 11.0.